The van der Waals surface area contributed by atoms with Crippen molar-refractivity contribution < 1.29 is 9.53 Å². The second-order valence-corrected chi connectivity index (χ2v) is 4.43. The van der Waals surface area contributed by atoms with Gasteiger partial charge >= 0.3 is 0 Å². The second-order valence-electron chi connectivity index (χ2n) is 4.43. The molecule has 1 atom stereocenters. The number of rotatable bonds is 7. The van der Waals surface area contributed by atoms with Gasteiger partial charge in [0.2, 0.25) is 0 Å². The van der Waals surface area contributed by atoms with Crippen molar-refractivity contribution in [3.05, 3.63) is 11.8 Å². The summed E-state index contributed by atoms with van der Waals surface area (Å²) in [6, 6.07) is 0. The molecule has 0 bridgehead atoms. The Kier molecular flexibility index (Phi) is 6.16. The van der Waals surface area contributed by atoms with Crippen molar-refractivity contribution in [2.75, 3.05) is 13.2 Å². The average Bonchev–Trinajstić information content (AvgIpc) is 2.35. The maximum absolute atomic E-state index is 11.8. The largest absolute Gasteiger partial charge is 0.501 e. The normalized spacial score (nSPS) is 17.5. The molecule has 2 N–H and O–H groups in total. The number of ether oxygens (including phenoxy) is 1. The lowest BCUT2D eigenvalue weighted by atomic mass is 9.93. The van der Waals surface area contributed by atoms with Gasteiger partial charge in [-0.2, -0.15) is 0 Å². The van der Waals surface area contributed by atoms with Gasteiger partial charge in [-0.1, -0.05) is 13.3 Å². The number of nitrogens with two attached hydrogens (primary N) is 1. The molecule has 92 valence electrons. The molecular formula is C13H23NO2. The third kappa shape index (κ3) is 4.35. The average molecular weight is 225 g/mol. The van der Waals surface area contributed by atoms with Crippen LogP contribution in [0.5, 0.6) is 0 Å². The number of ketones is 1. The minimum Gasteiger partial charge on any atom is -0.501 e. The van der Waals surface area contributed by atoms with Crippen molar-refractivity contribution in [3.63, 3.8) is 0 Å². The van der Waals surface area contributed by atoms with Gasteiger partial charge in [-0.15, -0.1) is 0 Å². The van der Waals surface area contributed by atoms with E-state index in [0.717, 1.165) is 50.8 Å². The van der Waals surface area contributed by atoms with Crippen molar-refractivity contribution in [3.8, 4) is 0 Å². The van der Waals surface area contributed by atoms with Crippen LogP contribution in [0.15, 0.2) is 11.8 Å². The predicted octanol–water partition coefficient (Wildman–Crippen LogP) is 2.41. The van der Waals surface area contributed by atoms with Gasteiger partial charge in [0.25, 0.3) is 0 Å². The number of allylic oxidation sites excluding steroid dienone is 1. The van der Waals surface area contributed by atoms with E-state index in [4.69, 9.17) is 10.5 Å². The molecule has 16 heavy (non-hydrogen) atoms. The topological polar surface area (TPSA) is 52.3 Å². The van der Waals surface area contributed by atoms with E-state index in [-0.39, 0.29) is 5.78 Å². The van der Waals surface area contributed by atoms with Crippen molar-refractivity contribution in [1.82, 2.24) is 0 Å². The fourth-order valence-electron chi connectivity index (χ4n) is 2.05. The molecule has 0 fully saturated rings. The summed E-state index contributed by atoms with van der Waals surface area (Å²) in [5.41, 5.74) is 6.41. The molecule has 0 aromatic carbocycles. The van der Waals surface area contributed by atoms with Crippen molar-refractivity contribution in [2.45, 2.75) is 45.4 Å². The molecule has 0 aromatic heterocycles. The van der Waals surface area contributed by atoms with E-state index in [1.165, 1.54) is 0 Å². The molecule has 0 aliphatic carbocycles. The fourth-order valence-corrected chi connectivity index (χ4v) is 2.05. The monoisotopic (exact) mass is 225 g/mol. The third-order valence-corrected chi connectivity index (χ3v) is 3.22. The van der Waals surface area contributed by atoms with Crippen LogP contribution in [-0.2, 0) is 9.53 Å². The maximum atomic E-state index is 11.8. The lowest BCUT2D eigenvalue weighted by Gasteiger charge is -2.15. The SMILES string of the molecule is CCC(CCN)CCC(=O)C1=COCCC1. The first-order chi connectivity index (χ1) is 7.77. The van der Waals surface area contributed by atoms with E-state index < -0.39 is 0 Å². The Morgan fingerprint density at radius 2 is 2.38 bits per heavy atom. The van der Waals surface area contributed by atoms with Gasteiger partial charge in [0.05, 0.1) is 12.9 Å². The molecule has 1 heterocycles. The van der Waals surface area contributed by atoms with Gasteiger partial charge in [-0.25, -0.2) is 0 Å². The molecule has 0 spiro atoms. The van der Waals surface area contributed by atoms with Gasteiger partial charge in [0, 0.05) is 12.0 Å². The van der Waals surface area contributed by atoms with Crippen LogP contribution >= 0.6 is 0 Å². The van der Waals surface area contributed by atoms with Crippen LogP contribution in [0.2, 0.25) is 0 Å². The molecule has 0 amide bonds. The lowest BCUT2D eigenvalue weighted by Crippen LogP contribution is -2.13. The third-order valence-electron chi connectivity index (χ3n) is 3.22. The lowest BCUT2D eigenvalue weighted by molar-refractivity contribution is -0.116. The minimum absolute atomic E-state index is 0.259. The Morgan fingerprint density at radius 3 is 2.94 bits per heavy atom. The summed E-state index contributed by atoms with van der Waals surface area (Å²) < 4.78 is 5.18. The molecule has 0 radical (unpaired) electrons. The van der Waals surface area contributed by atoms with Crippen LogP contribution in [0, 0.1) is 5.92 Å². The maximum Gasteiger partial charge on any atom is 0.161 e. The molecule has 0 saturated heterocycles. The van der Waals surface area contributed by atoms with E-state index in [2.05, 4.69) is 6.92 Å². The van der Waals surface area contributed by atoms with Gasteiger partial charge in [0.1, 0.15) is 0 Å². The molecule has 3 heteroatoms. The summed E-state index contributed by atoms with van der Waals surface area (Å²) in [4.78, 5) is 11.8. The van der Waals surface area contributed by atoms with Crippen LogP contribution in [0.4, 0.5) is 0 Å². The first-order valence-electron chi connectivity index (χ1n) is 6.31. The van der Waals surface area contributed by atoms with Gasteiger partial charge in [0.15, 0.2) is 5.78 Å². The highest BCUT2D eigenvalue weighted by Gasteiger charge is 2.15. The van der Waals surface area contributed by atoms with Crippen LogP contribution in [0.3, 0.4) is 0 Å². The zero-order chi connectivity index (χ0) is 11.8. The molecule has 3 nitrogen and oxygen atoms in total. The fraction of sp³-hybridized carbons (Fsp3) is 0.769. The van der Waals surface area contributed by atoms with E-state index in [9.17, 15) is 4.79 Å². The number of Topliss-reactive ketones (excluding diaryl/α,β-unsaturated/α-hetero) is 1. The van der Waals surface area contributed by atoms with E-state index in [0.29, 0.717) is 12.3 Å². The van der Waals surface area contributed by atoms with Crippen LogP contribution < -0.4 is 5.73 Å². The van der Waals surface area contributed by atoms with E-state index >= 15 is 0 Å². The molecule has 1 aliphatic rings. The van der Waals surface area contributed by atoms with Crippen LogP contribution in [0.1, 0.15) is 45.4 Å². The predicted molar refractivity (Wildman–Crippen MR) is 65.0 cm³/mol. The molecule has 1 aliphatic heterocycles. The molecule has 0 aromatic rings. The van der Waals surface area contributed by atoms with Crippen LogP contribution in [-0.4, -0.2) is 18.9 Å². The number of carbonyl (C=O) groups excluding carboxylic acids is 1. The van der Waals surface area contributed by atoms with Crippen molar-refractivity contribution >= 4 is 5.78 Å². The summed E-state index contributed by atoms with van der Waals surface area (Å²) in [5, 5.41) is 0. The minimum atomic E-state index is 0.259. The smallest absolute Gasteiger partial charge is 0.161 e. The zero-order valence-corrected chi connectivity index (χ0v) is 10.2. The molecular weight excluding hydrogens is 202 g/mol. The Hall–Kier alpha value is -0.830. The number of carbonyl (C=O) groups is 1. The molecule has 1 rings (SSSR count). The van der Waals surface area contributed by atoms with Gasteiger partial charge in [-0.05, 0) is 38.1 Å². The van der Waals surface area contributed by atoms with Gasteiger partial charge < -0.3 is 10.5 Å². The Labute approximate surface area is 98.0 Å². The number of hydrogen-bond acceptors (Lipinski definition) is 3. The molecule has 0 saturated carbocycles. The second kappa shape index (κ2) is 7.44. The first kappa shape index (κ1) is 13.2. The highest BCUT2D eigenvalue weighted by atomic mass is 16.5. The standard InChI is InChI=1S/C13H23NO2/c1-2-11(7-8-14)5-6-13(15)12-4-3-9-16-10-12/h10-11H,2-9,14H2,1H3. The Morgan fingerprint density at radius 1 is 1.56 bits per heavy atom. The quantitative estimate of drug-likeness (QED) is 0.724. The number of hydrogen-bond donors (Lipinski definition) is 1. The Balaban J connectivity index is 2.30. The summed E-state index contributed by atoms with van der Waals surface area (Å²) in [6.07, 6.45) is 7.25. The van der Waals surface area contributed by atoms with Crippen molar-refractivity contribution in [1.29, 1.82) is 0 Å². The molecule has 1 unspecified atom stereocenters. The van der Waals surface area contributed by atoms with E-state index in [1.54, 1.807) is 6.26 Å². The van der Waals surface area contributed by atoms with Crippen molar-refractivity contribution in [2.24, 2.45) is 11.7 Å². The van der Waals surface area contributed by atoms with E-state index in [1.807, 2.05) is 0 Å². The summed E-state index contributed by atoms with van der Waals surface area (Å²) in [7, 11) is 0. The first-order valence-corrected chi connectivity index (χ1v) is 6.31. The van der Waals surface area contributed by atoms with Crippen LogP contribution in [0.25, 0.3) is 0 Å². The van der Waals surface area contributed by atoms with Gasteiger partial charge in [-0.3, -0.25) is 4.79 Å². The highest BCUT2D eigenvalue weighted by molar-refractivity contribution is 5.95. The summed E-state index contributed by atoms with van der Waals surface area (Å²) in [6.45, 7) is 3.63. The summed E-state index contributed by atoms with van der Waals surface area (Å²) in [5.74, 6) is 0.856. The zero-order valence-electron chi connectivity index (χ0n) is 10.2. The Bertz CT molecular complexity index is 248. The highest BCUT2D eigenvalue weighted by Crippen LogP contribution is 2.19. The summed E-state index contributed by atoms with van der Waals surface area (Å²) >= 11 is 0.